The van der Waals surface area contributed by atoms with Gasteiger partial charge in [-0.2, -0.15) is 0 Å². The second kappa shape index (κ2) is 5.24. The maximum Gasteiger partial charge on any atom is 0.344 e. The van der Waals surface area contributed by atoms with Crippen LogP contribution in [-0.4, -0.2) is 19.2 Å². The van der Waals surface area contributed by atoms with Gasteiger partial charge in [0.15, 0.2) is 6.61 Å². The molecule has 0 unspecified atom stereocenters. The van der Waals surface area contributed by atoms with Crippen molar-refractivity contribution in [2.45, 2.75) is 13.8 Å². The van der Waals surface area contributed by atoms with E-state index in [2.05, 4.69) is 0 Å². The molecule has 82 valence electrons. The van der Waals surface area contributed by atoms with E-state index in [4.69, 9.17) is 15.2 Å². The van der Waals surface area contributed by atoms with E-state index in [9.17, 15) is 4.79 Å². The van der Waals surface area contributed by atoms with Gasteiger partial charge >= 0.3 is 5.97 Å². The number of hydrogen-bond acceptors (Lipinski definition) is 4. The van der Waals surface area contributed by atoms with Crippen molar-refractivity contribution < 1.29 is 14.3 Å². The zero-order valence-corrected chi connectivity index (χ0v) is 8.95. The van der Waals surface area contributed by atoms with Gasteiger partial charge in [0.2, 0.25) is 0 Å². The highest BCUT2D eigenvalue weighted by molar-refractivity contribution is 5.71. The van der Waals surface area contributed by atoms with E-state index in [1.54, 1.807) is 19.1 Å². The second-order valence-corrected chi connectivity index (χ2v) is 3.13. The van der Waals surface area contributed by atoms with E-state index in [0.717, 1.165) is 5.56 Å². The number of carbonyl (C=O) groups is 1. The SMILES string of the molecule is CCOC(=O)COc1ccc(C)cc1N. The Balaban J connectivity index is 2.54. The summed E-state index contributed by atoms with van der Waals surface area (Å²) in [5, 5.41) is 0. The quantitative estimate of drug-likeness (QED) is 0.603. The predicted molar refractivity (Wildman–Crippen MR) is 57.7 cm³/mol. The summed E-state index contributed by atoms with van der Waals surface area (Å²) in [6.45, 7) is 3.93. The van der Waals surface area contributed by atoms with Gasteiger partial charge < -0.3 is 15.2 Å². The van der Waals surface area contributed by atoms with Crippen LogP contribution in [0.2, 0.25) is 0 Å². The molecule has 0 saturated carbocycles. The van der Waals surface area contributed by atoms with Crippen LogP contribution in [0.25, 0.3) is 0 Å². The Morgan fingerprint density at radius 1 is 1.47 bits per heavy atom. The van der Waals surface area contributed by atoms with E-state index < -0.39 is 5.97 Å². The standard InChI is InChI=1S/C11H15NO3/c1-3-14-11(13)7-15-10-5-4-8(2)6-9(10)12/h4-6H,3,7,12H2,1-2H3. The number of esters is 1. The molecule has 0 aliphatic heterocycles. The lowest BCUT2D eigenvalue weighted by molar-refractivity contribution is -0.145. The first-order chi connectivity index (χ1) is 7.13. The maximum absolute atomic E-state index is 11.0. The summed E-state index contributed by atoms with van der Waals surface area (Å²) < 4.78 is 9.93. The smallest absolute Gasteiger partial charge is 0.344 e. The topological polar surface area (TPSA) is 61.5 Å². The molecule has 1 aromatic carbocycles. The zero-order chi connectivity index (χ0) is 11.3. The first-order valence-electron chi connectivity index (χ1n) is 4.78. The lowest BCUT2D eigenvalue weighted by Gasteiger charge is -2.08. The number of benzene rings is 1. The Bertz CT molecular complexity index is 350. The first kappa shape index (κ1) is 11.4. The predicted octanol–water partition coefficient (Wildman–Crippen LogP) is 1.52. The zero-order valence-electron chi connectivity index (χ0n) is 8.95. The average molecular weight is 209 g/mol. The average Bonchev–Trinajstić information content (AvgIpc) is 2.17. The van der Waals surface area contributed by atoms with Crippen LogP contribution in [0, 0.1) is 6.92 Å². The summed E-state index contributed by atoms with van der Waals surface area (Å²) in [5.41, 5.74) is 7.28. The molecule has 1 aromatic rings. The van der Waals surface area contributed by atoms with Gasteiger partial charge in [0.25, 0.3) is 0 Å². The van der Waals surface area contributed by atoms with Crippen LogP contribution >= 0.6 is 0 Å². The third kappa shape index (κ3) is 3.50. The minimum atomic E-state index is -0.391. The molecule has 2 N–H and O–H groups in total. The summed E-state index contributed by atoms with van der Waals surface area (Å²) in [5.74, 6) is 0.117. The molecule has 0 fully saturated rings. The Morgan fingerprint density at radius 2 is 2.20 bits per heavy atom. The molecule has 0 radical (unpaired) electrons. The van der Waals surface area contributed by atoms with Gasteiger partial charge in [0.1, 0.15) is 5.75 Å². The Labute approximate surface area is 89.0 Å². The van der Waals surface area contributed by atoms with Crippen LogP contribution < -0.4 is 10.5 Å². The van der Waals surface area contributed by atoms with Crippen molar-refractivity contribution in [1.29, 1.82) is 0 Å². The molecule has 0 heterocycles. The number of ether oxygens (including phenoxy) is 2. The summed E-state index contributed by atoms with van der Waals surface area (Å²) in [4.78, 5) is 11.0. The monoisotopic (exact) mass is 209 g/mol. The molecule has 15 heavy (non-hydrogen) atoms. The number of nitrogens with two attached hydrogens (primary N) is 1. The lowest BCUT2D eigenvalue weighted by atomic mass is 10.2. The number of carbonyl (C=O) groups excluding carboxylic acids is 1. The van der Waals surface area contributed by atoms with Crippen LogP contribution in [-0.2, 0) is 9.53 Å². The molecule has 0 bridgehead atoms. The number of nitrogen functional groups attached to an aromatic ring is 1. The first-order valence-corrected chi connectivity index (χ1v) is 4.78. The van der Waals surface area contributed by atoms with Crippen LogP contribution in [0.1, 0.15) is 12.5 Å². The second-order valence-electron chi connectivity index (χ2n) is 3.13. The van der Waals surface area contributed by atoms with Crippen molar-refractivity contribution in [2.75, 3.05) is 18.9 Å². The third-order valence-electron chi connectivity index (χ3n) is 1.82. The Hall–Kier alpha value is -1.71. The van der Waals surface area contributed by atoms with E-state index >= 15 is 0 Å². The highest BCUT2D eigenvalue weighted by Gasteiger charge is 2.05. The van der Waals surface area contributed by atoms with Gasteiger partial charge in [-0.15, -0.1) is 0 Å². The van der Waals surface area contributed by atoms with E-state index in [0.29, 0.717) is 18.0 Å². The van der Waals surface area contributed by atoms with E-state index in [1.165, 1.54) is 0 Å². The normalized spacial score (nSPS) is 9.73. The van der Waals surface area contributed by atoms with Gasteiger partial charge in [-0.1, -0.05) is 6.07 Å². The molecule has 0 aromatic heterocycles. The van der Waals surface area contributed by atoms with E-state index in [-0.39, 0.29) is 6.61 Å². The van der Waals surface area contributed by atoms with Gasteiger partial charge in [0, 0.05) is 0 Å². The molecule has 1 rings (SSSR count). The van der Waals surface area contributed by atoms with Gasteiger partial charge in [-0.3, -0.25) is 0 Å². The Morgan fingerprint density at radius 3 is 2.80 bits per heavy atom. The largest absolute Gasteiger partial charge is 0.480 e. The fourth-order valence-electron chi connectivity index (χ4n) is 1.14. The molecule has 0 atom stereocenters. The number of rotatable bonds is 4. The fraction of sp³-hybridized carbons (Fsp3) is 0.364. The molecule has 4 nitrogen and oxygen atoms in total. The van der Waals surface area contributed by atoms with Gasteiger partial charge in [-0.25, -0.2) is 4.79 Å². The molecular weight excluding hydrogens is 194 g/mol. The summed E-state index contributed by atoms with van der Waals surface area (Å²) >= 11 is 0. The van der Waals surface area contributed by atoms with Crippen molar-refractivity contribution in [2.24, 2.45) is 0 Å². The molecule has 0 aliphatic rings. The lowest BCUT2D eigenvalue weighted by Crippen LogP contribution is -2.15. The maximum atomic E-state index is 11.0. The van der Waals surface area contributed by atoms with Crippen molar-refractivity contribution in [3.8, 4) is 5.75 Å². The van der Waals surface area contributed by atoms with Crippen LogP contribution in [0.3, 0.4) is 0 Å². The number of hydrogen-bond donors (Lipinski definition) is 1. The molecular formula is C11H15NO3. The van der Waals surface area contributed by atoms with Crippen molar-refractivity contribution in [3.63, 3.8) is 0 Å². The van der Waals surface area contributed by atoms with Gasteiger partial charge in [0.05, 0.1) is 12.3 Å². The molecule has 0 spiro atoms. The van der Waals surface area contributed by atoms with Crippen molar-refractivity contribution in [3.05, 3.63) is 23.8 Å². The van der Waals surface area contributed by atoms with Crippen molar-refractivity contribution in [1.82, 2.24) is 0 Å². The van der Waals surface area contributed by atoms with Crippen LogP contribution in [0.4, 0.5) is 5.69 Å². The van der Waals surface area contributed by atoms with Crippen LogP contribution in [0.5, 0.6) is 5.75 Å². The number of anilines is 1. The molecule has 4 heteroatoms. The third-order valence-corrected chi connectivity index (χ3v) is 1.82. The Kier molecular flexibility index (Phi) is 3.97. The van der Waals surface area contributed by atoms with Gasteiger partial charge in [-0.05, 0) is 31.5 Å². The minimum absolute atomic E-state index is 0.110. The van der Waals surface area contributed by atoms with Crippen molar-refractivity contribution >= 4 is 11.7 Å². The summed E-state index contributed by atoms with van der Waals surface area (Å²) in [7, 11) is 0. The summed E-state index contributed by atoms with van der Waals surface area (Å²) in [6, 6.07) is 5.40. The summed E-state index contributed by atoms with van der Waals surface area (Å²) in [6.07, 6.45) is 0. The molecule has 0 amide bonds. The highest BCUT2D eigenvalue weighted by Crippen LogP contribution is 2.21. The fourth-order valence-corrected chi connectivity index (χ4v) is 1.14. The van der Waals surface area contributed by atoms with E-state index in [1.807, 2.05) is 13.0 Å². The molecule has 0 saturated heterocycles. The van der Waals surface area contributed by atoms with Crippen LogP contribution in [0.15, 0.2) is 18.2 Å². The molecule has 0 aliphatic carbocycles. The number of aryl methyl sites for hydroxylation is 1. The highest BCUT2D eigenvalue weighted by atomic mass is 16.6. The minimum Gasteiger partial charge on any atom is -0.480 e.